The second-order valence-corrected chi connectivity index (χ2v) is 6.71. The van der Waals surface area contributed by atoms with Crippen LogP contribution in [0.3, 0.4) is 0 Å². The predicted octanol–water partition coefficient (Wildman–Crippen LogP) is 4.41. The summed E-state index contributed by atoms with van der Waals surface area (Å²) in [6.07, 6.45) is 0.135. The van der Waals surface area contributed by atoms with Crippen molar-refractivity contribution in [3.8, 4) is 0 Å². The summed E-state index contributed by atoms with van der Waals surface area (Å²) < 4.78 is 0. The van der Waals surface area contributed by atoms with Crippen LogP contribution in [0.15, 0.2) is 91.0 Å². The van der Waals surface area contributed by atoms with Crippen molar-refractivity contribution in [3.63, 3.8) is 0 Å². The predicted molar refractivity (Wildman–Crippen MR) is 98.3 cm³/mol. The van der Waals surface area contributed by atoms with Crippen LogP contribution in [0.25, 0.3) is 0 Å². The Morgan fingerprint density at radius 3 is 1.76 bits per heavy atom. The molecule has 3 aromatic carbocycles. The standard InChI is InChI=1S/C23H20O2/c24-20-16-23(25,19-14-8-3-9-15-19)22(18-12-6-2-7-13-18)21(20)17-10-4-1-5-11-17/h1-15,21-22,25H,16H2/t21-,22-,23-/m1/s1. The maximum atomic E-state index is 13.0. The van der Waals surface area contributed by atoms with Crippen LogP contribution < -0.4 is 0 Å². The highest BCUT2D eigenvalue weighted by Crippen LogP contribution is 2.54. The van der Waals surface area contributed by atoms with Gasteiger partial charge in [-0.05, 0) is 16.7 Å². The molecule has 2 nitrogen and oxygen atoms in total. The van der Waals surface area contributed by atoms with Crippen molar-refractivity contribution in [2.45, 2.75) is 23.9 Å². The molecule has 0 saturated heterocycles. The van der Waals surface area contributed by atoms with Crippen molar-refractivity contribution < 1.29 is 9.90 Å². The minimum Gasteiger partial charge on any atom is -0.384 e. The lowest BCUT2D eigenvalue weighted by atomic mass is 9.74. The summed E-state index contributed by atoms with van der Waals surface area (Å²) in [4.78, 5) is 13.0. The van der Waals surface area contributed by atoms with E-state index in [1.807, 2.05) is 91.0 Å². The molecular formula is C23H20O2. The average molecular weight is 328 g/mol. The Balaban J connectivity index is 1.90. The molecule has 0 aliphatic heterocycles. The van der Waals surface area contributed by atoms with Crippen molar-refractivity contribution in [1.29, 1.82) is 0 Å². The van der Waals surface area contributed by atoms with Crippen LogP contribution in [0.4, 0.5) is 0 Å². The van der Waals surface area contributed by atoms with Gasteiger partial charge in [-0.15, -0.1) is 0 Å². The number of ketones is 1. The molecule has 0 amide bonds. The molecule has 1 aliphatic rings. The zero-order chi connectivity index (χ0) is 17.3. The topological polar surface area (TPSA) is 37.3 Å². The van der Waals surface area contributed by atoms with Gasteiger partial charge in [-0.3, -0.25) is 4.79 Å². The monoisotopic (exact) mass is 328 g/mol. The Morgan fingerprint density at radius 1 is 0.720 bits per heavy atom. The molecule has 4 rings (SSSR count). The Hall–Kier alpha value is -2.71. The van der Waals surface area contributed by atoms with Crippen molar-refractivity contribution in [2.24, 2.45) is 0 Å². The summed E-state index contributed by atoms with van der Waals surface area (Å²) in [5, 5.41) is 11.7. The van der Waals surface area contributed by atoms with Crippen LogP contribution in [-0.4, -0.2) is 10.9 Å². The molecule has 0 radical (unpaired) electrons. The molecule has 0 spiro atoms. The maximum absolute atomic E-state index is 13.0. The van der Waals surface area contributed by atoms with E-state index in [4.69, 9.17) is 0 Å². The first-order valence-corrected chi connectivity index (χ1v) is 8.60. The lowest BCUT2D eigenvalue weighted by Gasteiger charge is -2.33. The van der Waals surface area contributed by atoms with Gasteiger partial charge in [0, 0.05) is 12.3 Å². The average Bonchev–Trinajstić information content (AvgIpc) is 2.95. The highest BCUT2D eigenvalue weighted by atomic mass is 16.3. The van der Waals surface area contributed by atoms with Gasteiger partial charge in [0.15, 0.2) is 0 Å². The summed E-state index contributed by atoms with van der Waals surface area (Å²) in [6, 6.07) is 29.3. The quantitative estimate of drug-likeness (QED) is 0.773. The normalized spacial score (nSPS) is 25.9. The molecule has 0 unspecified atom stereocenters. The first-order chi connectivity index (χ1) is 12.2. The van der Waals surface area contributed by atoms with E-state index in [1.54, 1.807) is 0 Å². The fraction of sp³-hybridized carbons (Fsp3) is 0.174. The van der Waals surface area contributed by atoms with Crippen LogP contribution in [0.2, 0.25) is 0 Å². The van der Waals surface area contributed by atoms with Gasteiger partial charge in [-0.2, -0.15) is 0 Å². The number of carbonyl (C=O) groups is 1. The Kier molecular flexibility index (Phi) is 3.98. The smallest absolute Gasteiger partial charge is 0.144 e. The Bertz CT molecular complexity index is 858. The van der Waals surface area contributed by atoms with Gasteiger partial charge < -0.3 is 5.11 Å². The molecular weight excluding hydrogens is 308 g/mol. The number of Topliss-reactive ketones (excluding diaryl/α,β-unsaturated/α-hetero) is 1. The fourth-order valence-electron chi connectivity index (χ4n) is 4.12. The largest absolute Gasteiger partial charge is 0.384 e. The zero-order valence-electron chi connectivity index (χ0n) is 13.9. The number of benzene rings is 3. The van der Waals surface area contributed by atoms with Crippen LogP contribution in [0.1, 0.15) is 34.9 Å². The van der Waals surface area contributed by atoms with Gasteiger partial charge in [0.1, 0.15) is 11.4 Å². The Morgan fingerprint density at radius 2 is 1.20 bits per heavy atom. The van der Waals surface area contributed by atoms with Crippen LogP contribution in [0, 0.1) is 0 Å². The molecule has 25 heavy (non-hydrogen) atoms. The summed E-state index contributed by atoms with van der Waals surface area (Å²) in [7, 11) is 0. The third-order valence-electron chi connectivity index (χ3n) is 5.23. The molecule has 1 saturated carbocycles. The van der Waals surface area contributed by atoms with Gasteiger partial charge in [-0.1, -0.05) is 91.0 Å². The van der Waals surface area contributed by atoms with Crippen molar-refractivity contribution in [2.75, 3.05) is 0 Å². The van der Waals surface area contributed by atoms with E-state index in [1.165, 1.54) is 0 Å². The van der Waals surface area contributed by atoms with Gasteiger partial charge in [0.25, 0.3) is 0 Å². The number of hydrogen-bond acceptors (Lipinski definition) is 2. The number of hydrogen-bond donors (Lipinski definition) is 1. The second-order valence-electron chi connectivity index (χ2n) is 6.71. The number of aliphatic hydroxyl groups is 1. The van der Waals surface area contributed by atoms with Gasteiger partial charge in [0.05, 0.1) is 5.92 Å². The lowest BCUT2D eigenvalue weighted by molar-refractivity contribution is -0.119. The van der Waals surface area contributed by atoms with Crippen LogP contribution in [-0.2, 0) is 10.4 Å². The van der Waals surface area contributed by atoms with Gasteiger partial charge in [0.2, 0.25) is 0 Å². The van der Waals surface area contributed by atoms with Gasteiger partial charge >= 0.3 is 0 Å². The molecule has 0 aromatic heterocycles. The summed E-state index contributed by atoms with van der Waals surface area (Å²) >= 11 is 0. The van der Waals surface area contributed by atoms with Crippen molar-refractivity contribution in [1.82, 2.24) is 0 Å². The van der Waals surface area contributed by atoms with E-state index in [0.717, 1.165) is 16.7 Å². The summed E-state index contributed by atoms with van der Waals surface area (Å²) in [6.45, 7) is 0. The summed E-state index contributed by atoms with van der Waals surface area (Å²) in [5.74, 6) is -0.550. The number of rotatable bonds is 3. The maximum Gasteiger partial charge on any atom is 0.144 e. The second kappa shape index (κ2) is 6.30. The summed E-state index contributed by atoms with van der Waals surface area (Å²) in [5.41, 5.74) is 1.57. The third-order valence-corrected chi connectivity index (χ3v) is 5.23. The van der Waals surface area contributed by atoms with Crippen LogP contribution >= 0.6 is 0 Å². The molecule has 1 aliphatic carbocycles. The number of carbonyl (C=O) groups excluding carboxylic acids is 1. The van der Waals surface area contributed by atoms with E-state index >= 15 is 0 Å². The first kappa shape index (κ1) is 15.8. The van der Waals surface area contributed by atoms with E-state index in [2.05, 4.69) is 0 Å². The lowest BCUT2D eigenvalue weighted by Crippen LogP contribution is -2.30. The van der Waals surface area contributed by atoms with Crippen molar-refractivity contribution in [3.05, 3.63) is 108 Å². The minimum atomic E-state index is -1.19. The highest BCUT2D eigenvalue weighted by molar-refractivity contribution is 5.91. The molecule has 3 aromatic rings. The van der Waals surface area contributed by atoms with E-state index in [-0.39, 0.29) is 24.0 Å². The van der Waals surface area contributed by atoms with E-state index in [0.29, 0.717) is 0 Å². The molecule has 0 heterocycles. The van der Waals surface area contributed by atoms with E-state index in [9.17, 15) is 9.90 Å². The third kappa shape index (κ3) is 2.69. The zero-order valence-corrected chi connectivity index (χ0v) is 13.9. The minimum absolute atomic E-state index is 0.0893. The molecule has 2 heteroatoms. The molecule has 124 valence electrons. The van der Waals surface area contributed by atoms with Crippen molar-refractivity contribution >= 4 is 5.78 Å². The SMILES string of the molecule is O=C1C[C@@](O)(c2ccccc2)[C@H](c2ccccc2)[C@@H]1c1ccccc1. The molecule has 1 fully saturated rings. The van der Waals surface area contributed by atoms with E-state index < -0.39 is 5.60 Å². The van der Waals surface area contributed by atoms with Gasteiger partial charge in [-0.25, -0.2) is 0 Å². The highest BCUT2D eigenvalue weighted by Gasteiger charge is 2.54. The fourth-order valence-corrected chi connectivity index (χ4v) is 4.12. The molecule has 1 N–H and O–H groups in total. The first-order valence-electron chi connectivity index (χ1n) is 8.60. The van der Waals surface area contributed by atoms with Crippen LogP contribution in [0.5, 0.6) is 0 Å². The Labute approximate surface area is 147 Å². The molecule has 0 bridgehead atoms. The molecule has 3 atom stereocenters.